The molecule has 2 N–H and O–H groups in total. The first-order valence-corrected chi connectivity index (χ1v) is 6.39. The minimum Gasteiger partial charge on any atom is -0.324 e. The highest BCUT2D eigenvalue weighted by Crippen LogP contribution is 2.30. The molecule has 0 radical (unpaired) electrons. The summed E-state index contributed by atoms with van der Waals surface area (Å²) in [5.41, 5.74) is -0.837. The number of anilines is 2. The highest BCUT2D eigenvalue weighted by Gasteiger charge is 2.30. The zero-order chi connectivity index (χ0) is 17.0. The fourth-order valence-electron chi connectivity index (χ4n) is 1.73. The number of hydrogen-bond acceptors (Lipinski definition) is 4. The quantitative estimate of drug-likeness (QED) is 0.897. The zero-order valence-electron chi connectivity index (χ0n) is 11.9. The van der Waals surface area contributed by atoms with E-state index in [1.165, 1.54) is 25.3 Å². The minimum atomic E-state index is -4.49. The SMILES string of the molecule is CC(=O)Nc1cn(CC(=O)Nc2cccc(C(F)(F)F)c2)nn1. The first kappa shape index (κ1) is 16.5. The molecule has 0 aliphatic rings. The van der Waals surface area contributed by atoms with Gasteiger partial charge in [-0.05, 0) is 18.2 Å². The number of rotatable bonds is 4. The van der Waals surface area contributed by atoms with E-state index in [2.05, 4.69) is 20.9 Å². The van der Waals surface area contributed by atoms with E-state index in [1.54, 1.807) is 0 Å². The van der Waals surface area contributed by atoms with Crippen molar-refractivity contribution < 1.29 is 22.8 Å². The van der Waals surface area contributed by atoms with Crippen LogP contribution < -0.4 is 10.6 Å². The summed E-state index contributed by atoms with van der Waals surface area (Å²) in [5, 5.41) is 12.0. The minimum absolute atomic E-state index is 0.0204. The van der Waals surface area contributed by atoms with Crippen molar-refractivity contribution in [2.75, 3.05) is 10.6 Å². The molecule has 0 atom stereocenters. The Morgan fingerprint density at radius 2 is 2.00 bits per heavy atom. The maximum absolute atomic E-state index is 12.6. The second-order valence-corrected chi connectivity index (χ2v) is 4.61. The number of halogens is 3. The van der Waals surface area contributed by atoms with E-state index < -0.39 is 17.6 Å². The van der Waals surface area contributed by atoms with Gasteiger partial charge in [-0.15, -0.1) is 5.10 Å². The standard InChI is InChI=1S/C13H12F3N5O2/c1-8(22)17-11-6-21(20-19-11)7-12(23)18-10-4-2-3-9(5-10)13(14,15)16/h2-6H,7H2,1H3,(H,17,22)(H,18,23). The van der Waals surface area contributed by atoms with Gasteiger partial charge in [0.1, 0.15) is 6.54 Å². The molecule has 0 fully saturated rings. The van der Waals surface area contributed by atoms with E-state index in [9.17, 15) is 22.8 Å². The molecule has 1 aromatic heterocycles. The van der Waals surface area contributed by atoms with Gasteiger partial charge in [0.05, 0.1) is 11.8 Å². The van der Waals surface area contributed by atoms with Crippen molar-refractivity contribution >= 4 is 23.3 Å². The van der Waals surface area contributed by atoms with Gasteiger partial charge in [0.25, 0.3) is 0 Å². The second-order valence-electron chi connectivity index (χ2n) is 4.61. The Bertz CT molecular complexity index is 726. The fraction of sp³-hybridized carbons (Fsp3) is 0.231. The van der Waals surface area contributed by atoms with Crippen LogP contribution in [-0.4, -0.2) is 26.8 Å². The molecule has 0 aliphatic heterocycles. The van der Waals surface area contributed by atoms with Crippen molar-refractivity contribution in [2.24, 2.45) is 0 Å². The van der Waals surface area contributed by atoms with Crippen molar-refractivity contribution in [3.05, 3.63) is 36.0 Å². The summed E-state index contributed by atoms with van der Waals surface area (Å²) in [5.74, 6) is -0.751. The number of carbonyl (C=O) groups excluding carboxylic acids is 2. The Morgan fingerprint density at radius 1 is 1.26 bits per heavy atom. The maximum atomic E-state index is 12.6. The molecule has 0 saturated carbocycles. The maximum Gasteiger partial charge on any atom is 0.416 e. The summed E-state index contributed by atoms with van der Waals surface area (Å²) < 4.78 is 38.9. The molecule has 1 heterocycles. The molecule has 0 spiro atoms. The summed E-state index contributed by atoms with van der Waals surface area (Å²) in [6.07, 6.45) is -3.16. The molecular formula is C13H12F3N5O2. The van der Waals surface area contributed by atoms with E-state index in [0.29, 0.717) is 0 Å². The van der Waals surface area contributed by atoms with Gasteiger partial charge in [0.15, 0.2) is 5.82 Å². The highest BCUT2D eigenvalue weighted by molar-refractivity contribution is 5.90. The Labute approximate surface area is 128 Å². The molecule has 2 aromatic rings. The van der Waals surface area contributed by atoms with E-state index >= 15 is 0 Å². The Morgan fingerprint density at radius 3 is 2.65 bits per heavy atom. The van der Waals surface area contributed by atoms with Crippen LogP contribution in [0.5, 0.6) is 0 Å². The van der Waals surface area contributed by atoms with Gasteiger partial charge >= 0.3 is 6.18 Å². The van der Waals surface area contributed by atoms with Crippen LogP contribution in [0.1, 0.15) is 12.5 Å². The molecule has 0 unspecified atom stereocenters. The number of nitrogens with one attached hydrogen (secondary N) is 2. The highest BCUT2D eigenvalue weighted by atomic mass is 19.4. The predicted molar refractivity (Wildman–Crippen MR) is 74.4 cm³/mol. The third-order valence-corrected chi connectivity index (χ3v) is 2.62. The molecular weight excluding hydrogens is 315 g/mol. The van der Waals surface area contributed by atoms with E-state index in [4.69, 9.17) is 0 Å². The summed E-state index contributed by atoms with van der Waals surface area (Å²) in [4.78, 5) is 22.6. The summed E-state index contributed by atoms with van der Waals surface area (Å²) in [6.45, 7) is 1.03. The monoisotopic (exact) mass is 327 g/mol. The van der Waals surface area contributed by atoms with Crippen molar-refractivity contribution in [3.63, 3.8) is 0 Å². The van der Waals surface area contributed by atoms with E-state index in [-0.39, 0.29) is 24.0 Å². The van der Waals surface area contributed by atoms with Crippen LogP contribution in [0.3, 0.4) is 0 Å². The third kappa shape index (κ3) is 4.80. The van der Waals surface area contributed by atoms with E-state index in [1.807, 2.05) is 0 Å². The lowest BCUT2D eigenvalue weighted by molar-refractivity contribution is -0.137. The van der Waals surface area contributed by atoms with Crippen molar-refractivity contribution in [1.82, 2.24) is 15.0 Å². The van der Waals surface area contributed by atoms with Crippen LogP contribution >= 0.6 is 0 Å². The summed E-state index contributed by atoms with van der Waals surface area (Å²) in [7, 11) is 0. The summed E-state index contributed by atoms with van der Waals surface area (Å²) >= 11 is 0. The molecule has 7 nitrogen and oxygen atoms in total. The number of hydrogen-bond donors (Lipinski definition) is 2. The van der Waals surface area contributed by atoms with Crippen LogP contribution in [0.4, 0.5) is 24.7 Å². The smallest absolute Gasteiger partial charge is 0.324 e. The first-order chi connectivity index (χ1) is 10.7. The third-order valence-electron chi connectivity index (χ3n) is 2.62. The lowest BCUT2D eigenvalue weighted by atomic mass is 10.2. The first-order valence-electron chi connectivity index (χ1n) is 6.39. The van der Waals surface area contributed by atoms with Gasteiger partial charge in [-0.1, -0.05) is 11.3 Å². The number of alkyl halides is 3. The molecule has 0 bridgehead atoms. The van der Waals surface area contributed by atoms with Crippen molar-refractivity contribution in [2.45, 2.75) is 19.6 Å². The van der Waals surface area contributed by atoms with Crippen molar-refractivity contribution in [1.29, 1.82) is 0 Å². The molecule has 122 valence electrons. The average Bonchev–Trinajstić information content (AvgIpc) is 2.84. The zero-order valence-corrected chi connectivity index (χ0v) is 11.9. The molecule has 1 aromatic carbocycles. The number of benzene rings is 1. The van der Waals surface area contributed by atoms with Gasteiger partial charge in [-0.3, -0.25) is 9.59 Å². The fourth-order valence-corrected chi connectivity index (χ4v) is 1.73. The van der Waals surface area contributed by atoms with Crippen molar-refractivity contribution in [3.8, 4) is 0 Å². The lowest BCUT2D eigenvalue weighted by Gasteiger charge is -2.09. The number of amides is 2. The summed E-state index contributed by atoms with van der Waals surface area (Å²) in [6, 6.07) is 4.29. The Balaban J connectivity index is 2.00. The lowest BCUT2D eigenvalue weighted by Crippen LogP contribution is -2.19. The Kier molecular flexibility index (Phi) is 4.63. The van der Waals surface area contributed by atoms with Gasteiger partial charge in [-0.2, -0.15) is 13.2 Å². The molecule has 10 heteroatoms. The topological polar surface area (TPSA) is 88.9 Å². The molecule has 0 aliphatic carbocycles. The largest absolute Gasteiger partial charge is 0.416 e. The van der Waals surface area contributed by atoms with Gasteiger partial charge in [0.2, 0.25) is 11.8 Å². The molecule has 2 amide bonds. The van der Waals surface area contributed by atoms with Gasteiger partial charge < -0.3 is 10.6 Å². The number of aromatic nitrogens is 3. The number of nitrogens with zero attached hydrogens (tertiary/aromatic N) is 3. The molecule has 23 heavy (non-hydrogen) atoms. The van der Waals surface area contributed by atoms with E-state index in [0.717, 1.165) is 16.8 Å². The van der Waals surface area contributed by atoms with Crippen LogP contribution in [-0.2, 0) is 22.3 Å². The predicted octanol–water partition coefficient (Wildman–Crippen LogP) is 1.89. The molecule has 2 rings (SSSR count). The normalized spacial score (nSPS) is 11.1. The second kappa shape index (κ2) is 6.46. The molecule has 0 saturated heterocycles. The van der Waals surface area contributed by atoms with Gasteiger partial charge in [-0.25, -0.2) is 4.68 Å². The van der Waals surface area contributed by atoms with Crippen LogP contribution in [0.15, 0.2) is 30.5 Å². The Hall–Kier alpha value is -2.91. The van der Waals surface area contributed by atoms with Crippen LogP contribution in [0.25, 0.3) is 0 Å². The number of carbonyl (C=O) groups is 2. The van der Waals surface area contributed by atoms with Crippen LogP contribution in [0.2, 0.25) is 0 Å². The van der Waals surface area contributed by atoms with Gasteiger partial charge in [0, 0.05) is 12.6 Å². The van der Waals surface area contributed by atoms with Crippen LogP contribution in [0, 0.1) is 0 Å². The average molecular weight is 327 g/mol.